The summed E-state index contributed by atoms with van der Waals surface area (Å²) in [4.78, 5) is 0. The van der Waals surface area contributed by atoms with E-state index in [-0.39, 0.29) is 0 Å². The lowest BCUT2D eigenvalue weighted by molar-refractivity contribution is 0.355. The van der Waals surface area contributed by atoms with Gasteiger partial charge in [-0.25, -0.2) is 0 Å². The minimum absolute atomic E-state index is 0.564. The summed E-state index contributed by atoms with van der Waals surface area (Å²) in [5.74, 6) is 1.18. The van der Waals surface area contributed by atoms with Crippen LogP contribution in [-0.2, 0) is 0 Å². The lowest BCUT2D eigenvalue weighted by atomic mass is 9.99. The van der Waals surface area contributed by atoms with Gasteiger partial charge in [0.2, 0.25) is 0 Å². The fourth-order valence-corrected chi connectivity index (χ4v) is 1.83. The molecule has 0 atom stereocenters. The van der Waals surface area contributed by atoms with E-state index in [2.05, 4.69) is 6.07 Å². The number of ether oxygens (including phenoxy) is 2. The zero-order chi connectivity index (χ0) is 13.0. The van der Waals surface area contributed by atoms with Gasteiger partial charge in [0.1, 0.15) is 0 Å². The minimum atomic E-state index is 0.564. The second-order valence-electron chi connectivity index (χ2n) is 3.73. The lowest BCUT2D eigenvalue weighted by Gasteiger charge is -2.11. The summed E-state index contributed by atoms with van der Waals surface area (Å²) in [6.07, 6.45) is 0. The van der Waals surface area contributed by atoms with Gasteiger partial charge in [-0.15, -0.1) is 0 Å². The molecule has 18 heavy (non-hydrogen) atoms. The third-order valence-corrected chi connectivity index (χ3v) is 2.73. The first kappa shape index (κ1) is 12.0. The molecule has 90 valence electrons. The van der Waals surface area contributed by atoms with Crippen LogP contribution < -0.4 is 9.47 Å². The predicted molar refractivity (Wildman–Crippen MR) is 69.7 cm³/mol. The summed E-state index contributed by atoms with van der Waals surface area (Å²) < 4.78 is 10.5. The number of methoxy groups -OCH3 is 2. The molecule has 0 radical (unpaired) electrons. The molecule has 0 N–H and O–H groups in total. The van der Waals surface area contributed by atoms with Gasteiger partial charge in [-0.2, -0.15) is 5.26 Å². The van der Waals surface area contributed by atoms with Crippen LogP contribution in [0.1, 0.15) is 5.56 Å². The van der Waals surface area contributed by atoms with Crippen LogP contribution in [0.2, 0.25) is 0 Å². The van der Waals surface area contributed by atoms with Crippen molar-refractivity contribution >= 4 is 0 Å². The van der Waals surface area contributed by atoms with E-state index in [9.17, 15) is 5.26 Å². The topological polar surface area (TPSA) is 42.2 Å². The predicted octanol–water partition coefficient (Wildman–Crippen LogP) is 3.24. The largest absolute Gasteiger partial charge is 0.493 e. The Morgan fingerprint density at radius 1 is 0.944 bits per heavy atom. The molecule has 0 amide bonds. The SMILES string of the molecule is COc1cc(C#N)c(-c2ccccc2)cc1OC. The van der Waals surface area contributed by atoms with E-state index in [1.807, 2.05) is 36.4 Å². The van der Waals surface area contributed by atoms with Gasteiger partial charge in [-0.3, -0.25) is 0 Å². The maximum atomic E-state index is 9.22. The third kappa shape index (κ3) is 2.14. The monoisotopic (exact) mass is 239 g/mol. The van der Waals surface area contributed by atoms with E-state index in [0.717, 1.165) is 11.1 Å². The van der Waals surface area contributed by atoms with Crippen molar-refractivity contribution in [3.05, 3.63) is 48.0 Å². The summed E-state index contributed by atoms with van der Waals surface area (Å²) >= 11 is 0. The van der Waals surface area contributed by atoms with Gasteiger partial charge in [0.25, 0.3) is 0 Å². The maximum absolute atomic E-state index is 9.22. The summed E-state index contributed by atoms with van der Waals surface area (Å²) in [5, 5.41) is 9.22. The summed E-state index contributed by atoms with van der Waals surface area (Å²) in [7, 11) is 3.14. The van der Waals surface area contributed by atoms with Gasteiger partial charge in [-0.05, 0) is 11.6 Å². The van der Waals surface area contributed by atoms with Crippen LogP contribution in [0.25, 0.3) is 11.1 Å². The molecule has 2 aromatic rings. The number of nitrogens with zero attached hydrogens (tertiary/aromatic N) is 1. The molecule has 0 heterocycles. The molecule has 3 nitrogen and oxygen atoms in total. The van der Waals surface area contributed by atoms with E-state index >= 15 is 0 Å². The van der Waals surface area contributed by atoms with Crippen molar-refractivity contribution in [1.82, 2.24) is 0 Å². The van der Waals surface area contributed by atoms with E-state index in [4.69, 9.17) is 9.47 Å². The highest BCUT2D eigenvalue weighted by atomic mass is 16.5. The van der Waals surface area contributed by atoms with Gasteiger partial charge in [0.05, 0.1) is 25.9 Å². The maximum Gasteiger partial charge on any atom is 0.162 e. The Bertz CT molecular complexity index is 585. The molecule has 0 unspecified atom stereocenters. The summed E-state index contributed by atoms with van der Waals surface area (Å²) in [5.41, 5.74) is 2.39. The molecule has 0 saturated heterocycles. The molecule has 0 aliphatic rings. The molecule has 0 aliphatic heterocycles. The molecule has 0 spiro atoms. The van der Waals surface area contributed by atoms with Crippen LogP contribution in [0.3, 0.4) is 0 Å². The second-order valence-corrected chi connectivity index (χ2v) is 3.73. The summed E-state index contributed by atoms with van der Waals surface area (Å²) in [6.45, 7) is 0. The fraction of sp³-hybridized carbons (Fsp3) is 0.133. The molecule has 0 bridgehead atoms. The van der Waals surface area contributed by atoms with E-state index in [1.165, 1.54) is 0 Å². The van der Waals surface area contributed by atoms with E-state index in [0.29, 0.717) is 17.1 Å². The van der Waals surface area contributed by atoms with Gasteiger partial charge in [-0.1, -0.05) is 30.3 Å². The Balaban J connectivity index is 2.64. The van der Waals surface area contributed by atoms with Crippen molar-refractivity contribution in [2.75, 3.05) is 14.2 Å². The van der Waals surface area contributed by atoms with Crippen molar-refractivity contribution in [1.29, 1.82) is 5.26 Å². The zero-order valence-corrected chi connectivity index (χ0v) is 10.3. The molecule has 0 aromatic heterocycles. The first-order valence-electron chi connectivity index (χ1n) is 5.51. The second kappa shape index (κ2) is 5.24. The first-order chi connectivity index (χ1) is 8.80. The Kier molecular flexibility index (Phi) is 3.49. The first-order valence-corrected chi connectivity index (χ1v) is 5.51. The smallest absolute Gasteiger partial charge is 0.162 e. The van der Waals surface area contributed by atoms with Crippen molar-refractivity contribution in [3.63, 3.8) is 0 Å². The van der Waals surface area contributed by atoms with Crippen LogP contribution in [0.5, 0.6) is 11.5 Å². The zero-order valence-electron chi connectivity index (χ0n) is 10.3. The number of rotatable bonds is 3. The lowest BCUT2D eigenvalue weighted by Crippen LogP contribution is -1.93. The van der Waals surface area contributed by atoms with Gasteiger partial charge in [0.15, 0.2) is 11.5 Å². The highest BCUT2D eigenvalue weighted by molar-refractivity contribution is 5.74. The van der Waals surface area contributed by atoms with Crippen LogP contribution in [0, 0.1) is 11.3 Å². The van der Waals surface area contributed by atoms with Crippen molar-refractivity contribution in [2.24, 2.45) is 0 Å². The molecular formula is C15H13NO2. The standard InChI is InChI=1S/C15H13NO2/c1-17-14-8-12(10-16)13(9-15(14)18-2)11-6-4-3-5-7-11/h3-9H,1-2H3. The molecule has 0 aliphatic carbocycles. The molecular weight excluding hydrogens is 226 g/mol. The van der Waals surface area contributed by atoms with E-state index in [1.54, 1.807) is 20.3 Å². The average molecular weight is 239 g/mol. The Morgan fingerprint density at radius 2 is 1.56 bits per heavy atom. The van der Waals surface area contributed by atoms with E-state index < -0.39 is 0 Å². The average Bonchev–Trinajstić information content (AvgIpc) is 2.46. The molecule has 3 heteroatoms. The Morgan fingerprint density at radius 3 is 2.11 bits per heavy atom. The highest BCUT2D eigenvalue weighted by Gasteiger charge is 2.12. The van der Waals surface area contributed by atoms with Gasteiger partial charge < -0.3 is 9.47 Å². The number of hydrogen-bond donors (Lipinski definition) is 0. The molecule has 2 rings (SSSR count). The fourth-order valence-electron chi connectivity index (χ4n) is 1.83. The van der Waals surface area contributed by atoms with Crippen LogP contribution in [0.4, 0.5) is 0 Å². The molecule has 0 saturated carbocycles. The van der Waals surface area contributed by atoms with Crippen molar-refractivity contribution in [3.8, 4) is 28.7 Å². The Labute approximate surface area is 106 Å². The minimum Gasteiger partial charge on any atom is -0.493 e. The number of nitriles is 1. The quantitative estimate of drug-likeness (QED) is 0.825. The Hall–Kier alpha value is -2.47. The number of hydrogen-bond acceptors (Lipinski definition) is 3. The van der Waals surface area contributed by atoms with Gasteiger partial charge >= 0.3 is 0 Å². The van der Waals surface area contributed by atoms with Crippen LogP contribution in [-0.4, -0.2) is 14.2 Å². The van der Waals surface area contributed by atoms with Crippen molar-refractivity contribution < 1.29 is 9.47 Å². The summed E-state index contributed by atoms with van der Waals surface area (Å²) in [6, 6.07) is 15.4. The number of benzene rings is 2. The molecule has 0 fully saturated rings. The third-order valence-electron chi connectivity index (χ3n) is 2.73. The van der Waals surface area contributed by atoms with Gasteiger partial charge in [0, 0.05) is 11.6 Å². The normalized spacial score (nSPS) is 9.61. The van der Waals surface area contributed by atoms with Crippen molar-refractivity contribution in [2.45, 2.75) is 0 Å². The van der Waals surface area contributed by atoms with Crippen LogP contribution in [0.15, 0.2) is 42.5 Å². The molecule has 2 aromatic carbocycles. The highest BCUT2D eigenvalue weighted by Crippen LogP contribution is 2.35. The van der Waals surface area contributed by atoms with Crippen LogP contribution >= 0.6 is 0 Å².